The Bertz CT molecular complexity index is 1050. The number of ether oxygens (including phenoxy) is 1. The van der Waals surface area contributed by atoms with Gasteiger partial charge in [-0.15, -0.1) is 24.0 Å². The average Bonchev–Trinajstić information content (AvgIpc) is 3.49. The smallest absolute Gasteiger partial charge is 0.291 e. The van der Waals surface area contributed by atoms with E-state index >= 15 is 0 Å². The van der Waals surface area contributed by atoms with Crippen molar-refractivity contribution in [3.8, 4) is 5.75 Å². The molecule has 174 valence electrons. The van der Waals surface area contributed by atoms with Crippen LogP contribution < -0.4 is 20.7 Å². The van der Waals surface area contributed by atoms with Crippen molar-refractivity contribution < 1.29 is 13.9 Å². The number of para-hydroxylation sites is 1. The predicted molar refractivity (Wildman–Crippen MR) is 140 cm³/mol. The van der Waals surface area contributed by atoms with Gasteiger partial charge in [0.05, 0.1) is 12.9 Å². The number of anilines is 1. The Morgan fingerprint density at radius 3 is 2.48 bits per heavy atom. The lowest BCUT2D eigenvalue weighted by Gasteiger charge is -2.15. The summed E-state index contributed by atoms with van der Waals surface area (Å²) in [5.41, 5.74) is 2.88. The molecule has 3 aromatic rings. The van der Waals surface area contributed by atoms with Gasteiger partial charge in [0.1, 0.15) is 5.75 Å². The van der Waals surface area contributed by atoms with Gasteiger partial charge in [-0.3, -0.25) is 9.79 Å². The van der Waals surface area contributed by atoms with Crippen molar-refractivity contribution in [3.63, 3.8) is 0 Å². The number of rotatable bonds is 9. The second-order valence-corrected chi connectivity index (χ2v) is 7.77. The molecule has 1 aromatic heterocycles. The molecule has 1 aliphatic carbocycles. The third-order valence-electron chi connectivity index (χ3n) is 5.23. The summed E-state index contributed by atoms with van der Waals surface area (Å²) in [6, 6.07) is 19.1. The van der Waals surface area contributed by atoms with Gasteiger partial charge in [-0.1, -0.05) is 30.3 Å². The predicted octanol–water partition coefficient (Wildman–Crippen LogP) is 4.80. The molecule has 2 aromatic carbocycles. The monoisotopic (exact) mass is 560 g/mol. The van der Waals surface area contributed by atoms with Gasteiger partial charge in [0.25, 0.3) is 5.91 Å². The Kier molecular flexibility index (Phi) is 9.17. The molecule has 0 spiro atoms. The summed E-state index contributed by atoms with van der Waals surface area (Å²) in [5.74, 6) is 2.36. The zero-order chi connectivity index (χ0) is 22.2. The lowest BCUT2D eigenvalue weighted by Crippen LogP contribution is -2.36. The average molecular weight is 560 g/mol. The van der Waals surface area contributed by atoms with Crippen LogP contribution in [0, 0.1) is 5.92 Å². The minimum absolute atomic E-state index is 0. The van der Waals surface area contributed by atoms with Crippen molar-refractivity contribution >= 4 is 41.5 Å². The first kappa shape index (κ1) is 24.6. The molecule has 1 aliphatic rings. The quantitative estimate of drug-likeness (QED) is 0.199. The SMILES string of the molecule is CN=C(NCc1ccc(NC(=O)c2ccco2)cc1)NCc1ccccc1OCC1CC1.I. The van der Waals surface area contributed by atoms with Gasteiger partial charge < -0.3 is 25.1 Å². The molecule has 0 saturated heterocycles. The number of guanidine groups is 1. The molecule has 4 rings (SSSR count). The number of benzene rings is 2. The van der Waals surface area contributed by atoms with Crippen LogP contribution in [0.1, 0.15) is 34.5 Å². The molecule has 0 aliphatic heterocycles. The van der Waals surface area contributed by atoms with E-state index in [0.29, 0.717) is 24.7 Å². The van der Waals surface area contributed by atoms with Crippen molar-refractivity contribution in [1.82, 2.24) is 10.6 Å². The molecule has 33 heavy (non-hydrogen) atoms. The lowest BCUT2D eigenvalue weighted by molar-refractivity contribution is 0.0996. The largest absolute Gasteiger partial charge is 0.493 e. The maximum absolute atomic E-state index is 12.1. The molecular formula is C25H29IN4O3. The number of carbonyl (C=O) groups excluding carboxylic acids is 1. The van der Waals surface area contributed by atoms with Crippen LogP contribution in [0.15, 0.2) is 76.3 Å². The fraction of sp³-hybridized carbons (Fsp3) is 0.280. The highest BCUT2D eigenvalue weighted by Gasteiger charge is 2.22. The Balaban J connectivity index is 0.00000306. The highest BCUT2D eigenvalue weighted by atomic mass is 127. The zero-order valence-electron chi connectivity index (χ0n) is 18.5. The first-order valence-corrected chi connectivity index (χ1v) is 10.8. The van der Waals surface area contributed by atoms with Crippen molar-refractivity contribution in [3.05, 3.63) is 83.8 Å². The van der Waals surface area contributed by atoms with Crippen LogP contribution in [0.25, 0.3) is 0 Å². The van der Waals surface area contributed by atoms with Crippen LogP contribution in [0.5, 0.6) is 5.75 Å². The summed E-state index contributed by atoms with van der Waals surface area (Å²) in [7, 11) is 1.75. The Labute approximate surface area is 211 Å². The number of aliphatic imine (C=N–C) groups is 1. The molecular weight excluding hydrogens is 531 g/mol. The molecule has 1 saturated carbocycles. The molecule has 3 N–H and O–H groups in total. The summed E-state index contributed by atoms with van der Waals surface area (Å²) in [4.78, 5) is 16.4. The summed E-state index contributed by atoms with van der Waals surface area (Å²) < 4.78 is 11.1. The molecule has 1 amide bonds. The maximum Gasteiger partial charge on any atom is 0.291 e. The Morgan fingerprint density at radius 2 is 1.79 bits per heavy atom. The number of halogens is 1. The molecule has 1 heterocycles. The molecule has 1 fully saturated rings. The first-order chi connectivity index (χ1) is 15.7. The van der Waals surface area contributed by atoms with Gasteiger partial charge in [0.15, 0.2) is 11.7 Å². The maximum atomic E-state index is 12.1. The zero-order valence-corrected chi connectivity index (χ0v) is 20.9. The minimum Gasteiger partial charge on any atom is -0.493 e. The Morgan fingerprint density at radius 1 is 1.03 bits per heavy atom. The van der Waals surface area contributed by atoms with Crippen molar-refractivity contribution in [1.29, 1.82) is 0 Å². The summed E-state index contributed by atoms with van der Waals surface area (Å²) in [5, 5.41) is 9.47. The molecule has 0 atom stereocenters. The second-order valence-electron chi connectivity index (χ2n) is 7.77. The standard InChI is InChI=1S/C25H28N4O3.HI/c1-26-25(28-16-20-5-2-3-6-22(20)32-17-19-8-9-19)27-15-18-10-12-21(13-11-18)29-24(30)23-7-4-14-31-23;/h2-7,10-14,19H,8-9,15-17H2,1H3,(H,29,30)(H2,26,27,28);1H. The normalized spacial score (nSPS) is 13.1. The van der Waals surface area contributed by atoms with E-state index in [2.05, 4.69) is 27.0 Å². The van der Waals surface area contributed by atoms with E-state index in [0.717, 1.165) is 29.4 Å². The van der Waals surface area contributed by atoms with Gasteiger partial charge in [0.2, 0.25) is 0 Å². The first-order valence-electron chi connectivity index (χ1n) is 10.8. The molecule has 7 nitrogen and oxygen atoms in total. The van der Waals surface area contributed by atoms with E-state index in [4.69, 9.17) is 9.15 Å². The summed E-state index contributed by atoms with van der Waals surface area (Å²) >= 11 is 0. The topological polar surface area (TPSA) is 87.9 Å². The fourth-order valence-corrected chi connectivity index (χ4v) is 3.17. The van der Waals surface area contributed by atoms with Crippen LogP contribution in [0.4, 0.5) is 5.69 Å². The number of hydrogen-bond acceptors (Lipinski definition) is 4. The number of carbonyl (C=O) groups is 1. The number of nitrogens with zero attached hydrogens (tertiary/aromatic N) is 1. The highest BCUT2D eigenvalue weighted by Crippen LogP contribution is 2.30. The van der Waals surface area contributed by atoms with Crippen LogP contribution in [-0.2, 0) is 13.1 Å². The highest BCUT2D eigenvalue weighted by molar-refractivity contribution is 14.0. The third kappa shape index (κ3) is 7.52. The van der Waals surface area contributed by atoms with E-state index in [-0.39, 0.29) is 35.6 Å². The number of amides is 1. The van der Waals surface area contributed by atoms with Crippen LogP contribution in [-0.4, -0.2) is 25.5 Å². The lowest BCUT2D eigenvalue weighted by atomic mass is 10.2. The van der Waals surface area contributed by atoms with Crippen molar-refractivity contribution in [2.45, 2.75) is 25.9 Å². The van der Waals surface area contributed by atoms with E-state index in [1.54, 1.807) is 19.2 Å². The van der Waals surface area contributed by atoms with E-state index in [9.17, 15) is 4.79 Å². The van der Waals surface area contributed by atoms with Gasteiger partial charge in [-0.2, -0.15) is 0 Å². The van der Waals surface area contributed by atoms with E-state index in [1.807, 2.05) is 42.5 Å². The van der Waals surface area contributed by atoms with Gasteiger partial charge in [0, 0.05) is 31.4 Å². The number of nitrogens with one attached hydrogen (secondary N) is 3. The van der Waals surface area contributed by atoms with Gasteiger partial charge in [-0.05, 0) is 54.7 Å². The van der Waals surface area contributed by atoms with Gasteiger partial charge in [-0.25, -0.2) is 0 Å². The number of hydrogen-bond donors (Lipinski definition) is 3. The second kappa shape index (κ2) is 12.3. The molecule has 0 bridgehead atoms. The molecule has 8 heteroatoms. The minimum atomic E-state index is -0.271. The van der Waals surface area contributed by atoms with E-state index in [1.165, 1.54) is 19.1 Å². The third-order valence-corrected chi connectivity index (χ3v) is 5.23. The Hall–Kier alpha value is -3.01. The summed E-state index contributed by atoms with van der Waals surface area (Å²) in [6.45, 7) is 2.02. The van der Waals surface area contributed by atoms with Crippen molar-refractivity contribution in [2.24, 2.45) is 10.9 Å². The van der Waals surface area contributed by atoms with E-state index < -0.39 is 0 Å². The van der Waals surface area contributed by atoms with Crippen LogP contribution in [0.3, 0.4) is 0 Å². The van der Waals surface area contributed by atoms with Gasteiger partial charge >= 0.3 is 0 Å². The summed E-state index contributed by atoms with van der Waals surface area (Å²) in [6.07, 6.45) is 4.02. The molecule has 0 unspecified atom stereocenters. The fourth-order valence-electron chi connectivity index (χ4n) is 3.17. The van der Waals surface area contributed by atoms with Crippen LogP contribution >= 0.6 is 24.0 Å². The molecule has 0 radical (unpaired) electrons. The van der Waals surface area contributed by atoms with Crippen molar-refractivity contribution in [2.75, 3.05) is 19.0 Å². The van der Waals surface area contributed by atoms with Crippen LogP contribution in [0.2, 0.25) is 0 Å². The number of furan rings is 1.